The number of fused-ring (bicyclic) bond motifs is 1. The fourth-order valence-corrected chi connectivity index (χ4v) is 4.03. The van der Waals surface area contributed by atoms with Gasteiger partial charge >= 0.3 is 5.76 Å². The van der Waals surface area contributed by atoms with Crippen molar-refractivity contribution >= 4 is 41.6 Å². The van der Waals surface area contributed by atoms with E-state index in [9.17, 15) is 13.6 Å². The highest BCUT2D eigenvalue weighted by Crippen LogP contribution is 2.22. The van der Waals surface area contributed by atoms with Gasteiger partial charge in [-0.2, -0.15) is 0 Å². The van der Waals surface area contributed by atoms with E-state index in [0.717, 1.165) is 56.8 Å². The van der Waals surface area contributed by atoms with Crippen LogP contribution in [0.5, 0.6) is 0 Å². The molecule has 0 saturated carbocycles. The van der Waals surface area contributed by atoms with E-state index < -0.39 is 6.17 Å². The zero-order valence-electron chi connectivity index (χ0n) is 18.0. The van der Waals surface area contributed by atoms with Gasteiger partial charge in [0.05, 0.1) is 5.52 Å². The smallest absolute Gasteiger partial charge is 0.408 e. The molecule has 1 fully saturated rings. The summed E-state index contributed by atoms with van der Waals surface area (Å²) in [7, 11) is 0. The summed E-state index contributed by atoms with van der Waals surface area (Å²) in [6, 6.07) is 11.7. The summed E-state index contributed by atoms with van der Waals surface area (Å²) in [4.78, 5) is 16.9. The van der Waals surface area contributed by atoms with Crippen molar-refractivity contribution in [2.75, 3.05) is 37.6 Å². The number of aromatic nitrogens is 1. The van der Waals surface area contributed by atoms with Crippen molar-refractivity contribution < 1.29 is 13.2 Å². The molecule has 0 spiro atoms. The Kier molecular flexibility index (Phi) is 9.55. The Morgan fingerprint density at radius 1 is 0.969 bits per heavy atom. The average molecular weight is 488 g/mol. The number of benzene rings is 2. The molecular weight excluding hydrogens is 459 g/mol. The van der Waals surface area contributed by atoms with Crippen LogP contribution in [-0.4, -0.2) is 42.2 Å². The van der Waals surface area contributed by atoms with Gasteiger partial charge in [-0.15, -0.1) is 24.8 Å². The summed E-state index contributed by atoms with van der Waals surface area (Å²) in [5.41, 5.74) is 2.74. The number of hydrogen-bond donors (Lipinski definition) is 0. The summed E-state index contributed by atoms with van der Waals surface area (Å²) >= 11 is 0. The lowest BCUT2D eigenvalue weighted by atomic mass is 10.1. The zero-order chi connectivity index (χ0) is 21.1. The van der Waals surface area contributed by atoms with Crippen LogP contribution in [0.4, 0.5) is 14.5 Å². The first kappa shape index (κ1) is 26.2. The Balaban J connectivity index is 0.00000181. The Bertz CT molecular complexity index is 1050. The number of alkyl halides is 1. The number of unbranched alkanes of at least 4 members (excludes halogenated alkanes) is 1. The summed E-state index contributed by atoms with van der Waals surface area (Å²) in [5, 5.41) is 0. The quantitative estimate of drug-likeness (QED) is 0.429. The molecule has 176 valence electrons. The van der Waals surface area contributed by atoms with Crippen LogP contribution in [0.1, 0.15) is 31.5 Å². The molecule has 0 bridgehead atoms. The molecule has 0 N–H and O–H groups in total. The Hall–Kier alpha value is -2.09. The predicted octanol–water partition coefficient (Wildman–Crippen LogP) is 5.21. The lowest BCUT2D eigenvalue weighted by molar-refractivity contribution is 0.251. The maximum atomic E-state index is 13.5. The molecule has 2 heterocycles. The van der Waals surface area contributed by atoms with Crippen molar-refractivity contribution in [1.82, 2.24) is 9.47 Å². The third-order valence-electron chi connectivity index (χ3n) is 5.82. The van der Waals surface area contributed by atoms with Crippen LogP contribution in [0.3, 0.4) is 0 Å². The number of halogens is 4. The fraction of sp³-hybridized carbons (Fsp3) is 0.435. The topological polar surface area (TPSA) is 41.6 Å². The molecule has 1 aliphatic rings. The number of piperazine rings is 1. The summed E-state index contributed by atoms with van der Waals surface area (Å²) in [5.74, 6) is -0.596. The fourth-order valence-electron chi connectivity index (χ4n) is 4.03. The highest BCUT2D eigenvalue weighted by molar-refractivity contribution is 5.85. The minimum atomic E-state index is -1.09. The number of oxazole rings is 1. The zero-order valence-corrected chi connectivity index (χ0v) is 19.6. The van der Waals surface area contributed by atoms with E-state index in [1.807, 2.05) is 12.1 Å². The molecule has 1 unspecified atom stereocenters. The summed E-state index contributed by atoms with van der Waals surface area (Å²) in [6.07, 6.45) is 0.759. The molecule has 0 aliphatic carbocycles. The largest absolute Gasteiger partial charge is 0.419 e. The summed E-state index contributed by atoms with van der Waals surface area (Å²) < 4.78 is 33.5. The van der Waals surface area contributed by atoms with Gasteiger partial charge in [-0.05, 0) is 68.3 Å². The van der Waals surface area contributed by atoms with Gasteiger partial charge in [0.25, 0.3) is 0 Å². The first-order valence-electron chi connectivity index (χ1n) is 10.5. The third-order valence-corrected chi connectivity index (χ3v) is 5.82. The minimum absolute atomic E-state index is 0. The molecule has 9 heteroatoms. The number of aryl methyl sites for hydroxylation is 1. The van der Waals surface area contributed by atoms with Crippen molar-refractivity contribution in [1.29, 1.82) is 0 Å². The maximum Gasteiger partial charge on any atom is 0.419 e. The second-order valence-electron chi connectivity index (χ2n) is 7.87. The highest BCUT2D eigenvalue weighted by Gasteiger charge is 2.17. The van der Waals surface area contributed by atoms with Crippen molar-refractivity contribution in [3.63, 3.8) is 0 Å². The molecule has 1 saturated heterocycles. The molecule has 2 aromatic carbocycles. The van der Waals surface area contributed by atoms with Crippen molar-refractivity contribution in [3.05, 3.63) is 64.4 Å². The van der Waals surface area contributed by atoms with Crippen LogP contribution in [0.15, 0.2) is 51.7 Å². The van der Waals surface area contributed by atoms with Gasteiger partial charge in [-0.3, -0.25) is 9.47 Å². The van der Waals surface area contributed by atoms with Crippen LogP contribution in [-0.2, 0) is 6.54 Å². The SMILES string of the molecule is CC(F)c1ccc2c(c1)oc(=O)n2CCCCN1CCN(c2ccc(F)cc2)CC1.Cl.Cl. The highest BCUT2D eigenvalue weighted by atomic mass is 35.5. The van der Waals surface area contributed by atoms with E-state index in [2.05, 4.69) is 9.80 Å². The predicted molar refractivity (Wildman–Crippen MR) is 129 cm³/mol. The first-order valence-corrected chi connectivity index (χ1v) is 10.5. The molecule has 1 aromatic heterocycles. The number of nitrogens with zero attached hydrogens (tertiary/aromatic N) is 3. The van der Waals surface area contributed by atoms with E-state index in [0.29, 0.717) is 17.7 Å². The van der Waals surface area contributed by atoms with E-state index in [1.54, 1.807) is 22.8 Å². The summed E-state index contributed by atoms with van der Waals surface area (Å²) in [6.45, 7) is 6.82. The number of hydrogen-bond acceptors (Lipinski definition) is 4. The monoisotopic (exact) mass is 487 g/mol. The lowest BCUT2D eigenvalue weighted by Gasteiger charge is -2.36. The Morgan fingerprint density at radius 3 is 2.28 bits per heavy atom. The van der Waals surface area contributed by atoms with Gasteiger partial charge in [0, 0.05) is 38.4 Å². The van der Waals surface area contributed by atoms with Crippen molar-refractivity contribution in [2.45, 2.75) is 32.5 Å². The molecule has 0 radical (unpaired) electrons. The third kappa shape index (κ3) is 6.03. The van der Waals surface area contributed by atoms with Gasteiger partial charge in [-0.25, -0.2) is 13.6 Å². The van der Waals surface area contributed by atoms with Gasteiger partial charge in [0.15, 0.2) is 5.58 Å². The molecule has 1 aliphatic heterocycles. The standard InChI is InChI=1S/C23H27F2N3O2.2ClH/c1-17(24)18-4-9-21-22(16-18)30-23(29)28(21)11-3-2-10-26-12-14-27(15-13-26)20-7-5-19(25)6-8-20;;/h4-9,16-17H,2-3,10-15H2,1H3;2*1H. The molecule has 4 rings (SSSR count). The van der Waals surface area contributed by atoms with Crippen LogP contribution >= 0.6 is 24.8 Å². The van der Waals surface area contributed by atoms with Gasteiger partial charge in [0.1, 0.15) is 12.0 Å². The van der Waals surface area contributed by atoms with Crippen LogP contribution in [0, 0.1) is 5.82 Å². The Labute approximate surface area is 198 Å². The number of rotatable bonds is 7. The molecule has 0 amide bonds. The average Bonchev–Trinajstić information content (AvgIpc) is 3.06. The molecule has 3 aromatic rings. The minimum Gasteiger partial charge on any atom is -0.408 e. The van der Waals surface area contributed by atoms with Crippen LogP contribution < -0.4 is 10.7 Å². The second-order valence-corrected chi connectivity index (χ2v) is 7.87. The van der Waals surface area contributed by atoms with E-state index >= 15 is 0 Å². The van der Waals surface area contributed by atoms with Gasteiger partial charge in [-0.1, -0.05) is 6.07 Å². The Morgan fingerprint density at radius 2 is 1.62 bits per heavy atom. The van der Waals surface area contributed by atoms with Crippen molar-refractivity contribution in [3.8, 4) is 0 Å². The van der Waals surface area contributed by atoms with Crippen LogP contribution in [0.2, 0.25) is 0 Å². The van der Waals surface area contributed by atoms with E-state index in [1.165, 1.54) is 19.1 Å². The van der Waals surface area contributed by atoms with E-state index in [4.69, 9.17) is 4.42 Å². The van der Waals surface area contributed by atoms with Gasteiger partial charge < -0.3 is 9.32 Å². The van der Waals surface area contributed by atoms with Gasteiger partial charge in [0.2, 0.25) is 0 Å². The molecule has 1 atom stereocenters. The maximum absolute atomic E-state index is 13.5. The van der Waals surface area contributed by atoms with Crippen LogP contribution in [0.25, 0.3) is 11.1 Å². The first-order chi connectivity index (χ1) is 14.5. The number of anilines is 1. The second kappa shape index (κ2) is 11.7. The normalized spacial score (nSPS) is 15.3. The lowest BCUT2D eigenvalue weighted by Crippen LogP contribution is -2.46. The van der Waals surface area contributed by atoms with Crippen molar-refractivity contribution in [2.24, 2.45) is 0 Å². The molecular formula is C23H29Cl2F2N3O2. The van der Waals surface area contributed by atoms with E-state index in [-0.39, 0.29) is 36.4 Å². The molecule has 32 heavy (non-hydrogen) atoms. The molecule has 5 nitrogen and oxygen atoms in total.